The fourth-order valence-corrected chi connectivity index (χ4v) is 4.43. The smallest absolute Gasteiger partial charge is 0.341 e. The van der Waals surface area contributed by atoms with Gasteiger partial charge in [0.2, 0.25) is 0 Å². The maximum atomic E-state index is 12.8. The van der Waals surface area contributed by atoms with Crippen LogP contribution in [0.1, 0.15) is 56.9 Å². The van der Waals surface area contributed by atoms with Crippen molar-refractivity contribution in [1.29, 1.82) is 0 Å². The molecule has 1 saturated heterocycles. The van der Waals surface area contributed by atoms with Crippen molar-refractivity contribution in [1.82, 2.24) is 4.90 Å². The van der Waals surface area contributed by atoms with Gasteiger partial charge < -0.3 is 14.9 Å². The number of para-hydroxylation sites is 1. The molecule has 0 saturated carbocycles. The number of hydrogen-bond acceptors (Lipinski definition) is 6. The number of carboxylic acids is 2. The molecule has 1 amide bonds. The molecule has 1 aliphatic heterocycles. The van der Waals surface area contributed by atoms with Gasteiger partial charge in [-0.3, -0.25) is 14.5 Å². The maximum Gasteiger partial charge on any atom is 0.341 e. The van der Waals surface area contributed by atoms with Crippen molar-refractivity contribution < 1.29 is 29.3 Å². The molecule has 1 aromatic carbocycles. The van der Waals surface area contributed by atoms with Crippen molar-refractivity contribution in [2.45, 2.75) is 51.4 Å². The monoisotopic (exact) mass is 465 g/mol. The van der Waals surface area contributed by atoms with Gasteiger partial charge >= 0.3 is 11.9 Å². The van der Waals surface area contributed by atoms with E-state index in [2.05, 4.69) is 0 Å². The number of hydrogen-bond donors (Lipinski definition) is 2. The molecule has 2 N–H and O–H groups in total. The Morgan fingerprint density at radius 1 is 1.00 bits per heavy atom. The minimum Gasteiger partial charge on any atom is -0.481 e. The molecule has 0 radical (unpaired) electrons. The number of thioether (sulfide) groups is 1. The van der Waals surface area contributed by atoms with Gasteiger partial charge in [0.05, 0.1) is 4.91 Å². The van der Waals surface area contributed by atoms with E-state index in [1.165, 1.54) is 11.8 Å². The van der Waals surface area contributed by atoms with Gasteiger partial charge in [0, 0.05) is 18.5 Å². The second-order valence-corrected chi connectivity index (χ2v) is 8.85. The van der Waals surface area contributed by atoms with E-state index in [-0.39, 0.29) is 12.3 Å². The van der Waals surface area contributed by atoms with E-state index >= 15 is 0 Å². The van der Waals surface area contributed by atoms with Crippen LogP contribution in [0.25, 0.3) is 6.08 Å². The van der Waals surface area contributed by atoms with Crippen molar-refractivity contribution in [3.8, 4) is 5.75 Å². The van der Waals surface area contributed by atoms with Crippen molar-refractivity contribution >= 4 is 52.2 Å². The van der Waals surface area contributed by atoms with Crippen molar-refractivity contribution in [3.63, 3.8) is 0 Å². The van der Waals surface area contributed by atoms with Gasteiger partial charge in [-0.15, -0.1) is 0 Å². The minimum atomic E-state index is -1.07. The average Bonchev–Trinajstić information content (AvgIpc) is 2.98. The molecule has 1 heterocycles. The molecule has 7 nitrogen and oxygen atoms in total. The molecule has 1 aromatic rings. The van der Waals surface area contributed by atoms with Gasteiger partial charge in [0.1, 0.15) is 10.1 Å². The predicted molar refractivity (Wildman–Crippen MR) is 124 cm³/mol. The first-order valence-electron chi connectivity index (χ1n) is 10.3. The summed E-state index contributed by atoms with van der Waals surface area (Å²) in [6.07, 6.45) is 8.56. The molecule has 1 aliphatic rings. The second-order valence-electron chi connectivity index (χ2n) is 7.17. The second kappa shape index (κ2) is 13.1. The van der Waals surface area contributed by atoms with Crippen LogP contribution in [-0.2, 0) is 14.4 Å². The van der Waals surface area contributed by atoms with Crippen LogP contribution in [0.15, 0.2) is 29.2 Å². The zero-order chi connectivity index (χ0) is 22.6. The summed E-state index contributed by atoms with van der Waals surface area (Å²) in [7, 11) is 0. The van der Waals surface area contributed by atoms with Crippen LogP contribution >= 0.6 is 24.0 Å². The summed E-state index contributed by atoms with van der Waals surface area (Å²) in [5, 5.41) is 17.4. The van der Waals surface area contributed by atoms with Crippen molar-refractivity contribution in [3.05, 3.63) is 34.7 Å². The van der Waals surface area contributed by atoms with Crippen LogP contribution in [0.3, 0.4) is 0 Å². The Hall–Kier alpha value is -2.39. The number of thiocarbonyl (C=S) groups is 1. The van der Waals surface area contributed by atoms with Gasteiger partial charge in [-0.05, 0) is 25.0 Å². The zero-order valence-electron chi connectivity index (χ0n) is 17.2. The number of rotatable bonds is 14. The number of carboxylic acid groups (broad SMARTS) is 2. The summed E-state index contributed by atoms with van der Waals surface area (Å²) in [6.45, 7) is 0.115. The van der Waals surface area contributed by atoms with Crippen molar-refractivity contribution in [2.75, 3.05) is 13.2 Å². The van der Waals surface area contributed by atoms with E-state index in [0.717, 1.165) is 44.9 Å². The van der Waals surface area contributed by atoms with E-state index in [4.69, 9.17) is 27.2 Å². The van der Waals surface area contributed by atoms with Crippen LogP contribution in [0, 0.1) is 0 Å². The molecule has 0 aliphatic carbocycles. The Morgan fingerprint density at radius 3 is 2.32 bits per heavy atom. The lowest BCUT2D eigenvalue weighted by Gasteiger charge is -2.14. The first-order valence-corrected chi connectivity index (χ1v) is 11.5. The van der Waals surface area contributed by atoms with E-state index < -0.39 is 18.5 Å². The summed E-state index contributed by atoms with van der Waals surface area (Å²) in [5.74, 6) is -1.55. The van der Waals surface area contributed by atoms with E-state index in [0.29, 0.717) is 27.1 Å². The normalized spacial score (nSPS) is 15.0. The number of benzene rings is 1. The molecule has 2 rings (SSSR count). The Kier molecular flexibility index (Phi) is 10.5. The molecule has 0 aromatic heterocycles. The quantitative estimate of drug-likeness (QED) is 0.234. The fourth-order valence-electron chi connectivity index (χ4n) is 3.13. The maximum absolute atomic E-state index is 12.8. The summed E-state index contributed by atoms with van der Waals surface area (Å²) in [4.78, 5) is 36.1. The van der Waals surface area contributed by atoms with Crippen molar-refractivity contribution in [2.24, 2.45) is 0 Å². The highest BCUT2D eigenvalue weighted by Crippen LogP contribution is 2.34. The van der Waals surface area contributed by atoms with Gasteiger partial charge in [-0.25, -0.2) is 4.79 Å². The first kappa shape index (κ1) is 24.9. The summed E-state index contributed by atoms with van der Waals surface area (Å²) < 4.78 is 5.82. The highest BCUT2D eigenvalue weighted by molar-refractivity contribution is 8.26. The molecular weight excluding hydrogens is 438 g/mol. The zero-order valence-corrected chi connectivity index (χ0v) is 18.9. The predicted octanol–water partition coefficient (Wildman–Crippen LogP) is 4.56. The minimum absolute atomic E-state index is 0.142. The molecular formula is C22H27NO6S2. The Morgan fingerprint density at radius 2 is 1.65 bits per heavy atom. The van der Waals surface area contributed by atoms with E-state index in [1.807, 2.05) is 0 Å². The van der Waals surface area contributed by atoms with Crippen LogP contribution in [0.2, 0.25) is 0 Å². The molecule has 0 unspecified atom stereocenters. The Balaban J connectivity index is 1.80. The number of carbonyl (C=O) groups excluding carboxylic acids is 1. The standard InChI is InChI=1S/C22H27NO6S2/c24-19(25)12-6-4-2-1-3-5-9-13-23-21(28)18(31-22(23)30)14-16-10-7-8-11-17(16)29-15-20(26)27/h7-8,10-11,14H,1-6,9,12-13,15H2,(H,24,25)(H,26,27)/b18-14-. The van der Waals surface area contributed by atoms with E-state index in [1.54, 1.807) is 35.2 Å². The Labute approximate surface area is 191 Å². The number of nitrogens with zero attached hydrogens (tertiary/aromatic N) is 1. The number of carbonyl (C=O) groups is 3. The fraction of sp³-hybridized carbons (Fsp3) is 0.455. The Bertz CT molecular complexity index is 839. The highest BCUT2D eigenvalue weighted by atomic mass is 32.2. The number of unbranched alkanes of at least 4 members (excludes halogenated alkanes) is 6. The molecule has 9 heteroatoms. The number of amides is 1. The molecule has 0 atom stereocenters. The lowest BCUT2D eigenvalue weighted by atomic mass is 10.1. The summed E-state index contributed by atoms with van der Waals surface area (Å²) in [5.41, 5.74) is 0.632. The average molecular weight is 466 g/mol. The largest absolute Gasteiger partial charge is 0.481 e. The van der Waals surface area contributed by atoms with Gasteiger partial charge in [0.15, 0.2) is 6.61 Å². The summed E-state index contributed by atoms with van der Waals surface area (Å²) in [6, 6.07) is 6.96. The van der Waals surface area contributed by atoms with Gasteiger partial charge in [0.25, 0.3) is 5.91 Å². The van der Waals surface area contributed by atoms with Gasteiger partial charge in [-0.2, -0.15) is 0 Å². The van der Waals surface area contributed by atoms with Crippen LogP contribution in [-0.4, -0.2) is 50.4 Å². The SMILES string of the molecule is O=C(O)CCCCCCCCCN1C(=O)/C(=C/c2ccccc2OCC(=O)O)SC1=S. The van der Waals surface area contributed by atoms with Crippen LogP contribution in [0.5, 0.6) is 5.75 Å². The molecule has 0 spiro atoms. The van der Waals surface area contributed by atoms with Crippen LogP contribution in [0.4, 0.5) is 0 Å². The summed E-state index contributed by atoms with van der Waals surface area (Å²) >= 11 is 6.61. The molecule has 1 fully saturated rings. The first-order chi connectivity index (χ1) is 14.9. The van der Waals surface area contributed by atoms with E-state index in [9.17, 15) is 14.4 Å². The lowest BCUT2D eigenvalue weighted by molar-refractivity contribution is -0.139. The topological polar surface area (TPSA) is 104 Å². The molecule has 168 valence electrons. The third kappa shape index (κ3) is 8.70. The molecule has 31 heavy (non-hydrogen) atoms. The van der Waals surface area contributed by atoms with Gasteiger partial charge in [-0.1, -0.05) is 74.3 Å². The van der Waals surface area contributed by atoms with Crippen LogP contribution < -0.4 is 4.74 Å². The highest BCUT2D eigenvalue weighted by Gasteiger charge is 2.31. The number of aliphatic carboxylic acids is 2. The number of ether oxygens (including phenoxy) is 1. The third-order valence-electron chi connectivity index (χ3n) is 4.70. The molecule has 0 bridgehead atoms. The lowest BCUT2D eigenvalue weighted by Crippen LogP contribution is -2.29. The third-order valence-corrected chi connectivity index (χ3v) is 6.08.